The minimum Gasteiger partial charge on any atom is -0.457 e. The third-order valence-electron chi connectivity index (χ3n) is 8.57. The number of rotatable bonds is 7. The molecule has 7 nitrogen and oxygen atoms in total. The lowest BCUT2D eigenvalue weighted by molar-refractivity contribution is -0.140. The van der Waals surface area contributed by atoms with E-state index in [2.05, 4.69) is 21.8 Å². The Morgan fingerprint density at radius 2 is 1.78 bits per heavy atom. The molecule has 2 aliphatic rings. The van der Waals surface area contributed by atoms with Crippen LogP contribution in [0.2, 0.25) is 0 Å². The van der Waals surface area contributed by atoms with Gasteiger partial charge < -0.3 is 19.5 Å². The number of aromatic amines is 1. The summed E-state index contributed by atoms with van der Waals surface area (Å²) in [7, 11) is 0. The van der Waals surface area contributed by atoms with Gasteiger partial charge in [-0.05, 0) is 66.6 Å². The molecule has 4 heterocycles. The number of amides is 1. The number of nitrogens with zero attached hydrogens (tertiary/aromatic N) is 4. The van der Waals surface area contributed by atoms with Crippen molar-refractivity contribution in [2.75, 3.05) is 39.3 Å². The average Bonchev–Trinajstić information content (AvgIpc) is 3.38. The van der Waals surface area contributed by atoms with Gasteiger partial charge in [0.05, 0.1) is 23.9 Å². The highest BCUT2D eigenvalue weighted by molar-refractivity contribution is 5.83. The summed E-state index contributed by atoms with van der Waals surface area (Å²) in [6.45, 7) is 6.92. The normalized spacial score (nSPS) is 17.4. The number of hydrogen-bond donors (Lipinski definition) is 1. The summed E-state index contributed by atoms with van der Waals surface area (Å²) < 4.78 is 78.8. The number of hydrogen-bond acceptors (Lipinski definition) is 5. The first-order valence-corrected chi connectivity index (χ1v) is 14.9. The number of piperazine rings is 1. The smallest absolute Gasteiger partial charge is 0.416 e. The minimum atomic E-state index is -4.62. The Labute approximate surface area is 257 Å². The summed E-state index contributed by atoms with van der Waals surface area (Å²) in [4.78, 5) is 25.9. The lowest BCUT2D eigenvalue weighted by Gasteiger charge is -2.35. The SMILES string of the molecule is CCN1CCN(Cc2ccc(CC(=O)N3Cc4cc(Oc5ccnc6[nH]c(C)cc56)ccc4C(F)(F)C3)cc2C(F)(F)F)CC1. The first-order chi connectivity index (χ1) is 21.4. The number of alkyl halides is 5. The van der Waals surface area contributed by atoms with Gasteiger partial charge in [0.2, 0.25) is 5.91 Å². The van der Waals surface area contributed by atoms with Crippen LogP contribution in [0.4, 0.5) is 22.0 Å². The fourth-order valence-corrected chi connectivity index (χ4v) is 6.16. The fraction of sp³-hybridized carbons (Fsp3) is 0.394. The molecule has 2 aliphatic heterocycles. The number of carbonyl (C=O) groups is 1. The predicted molar refractivity (Wildman–Crippen MR) is 159 cm³/mol. The van der Waals surface area contributed by atoms with Gasteiger partial charge in [-0.3, -0.25) is 9.69 Å². The highest BCUT2D eigenvalue weighted by Gasteiger charge is 2.42. The summed E-state index contributed by atoms with van der Waals surface area (Å²) in [5.41, 5.74) is 0.974. The van der Waals surface area contributed by atoms with E-state index in [0.29, 0.717) is 30.2 Å². The number of ether oxygens (including phenoxy) is 1. The minimum absolute atomic E-state index is 0.121. The van der Waals surface area contributed by atoms with E-state index in [4.69, 9.17) is 4.74 Å². The predicted octanol–water partition coefficient (Wildman–Crippen LogP) is 6.50. The van der Waals surface area contributed by atoms with Crippen LogP contribution in [0.25, 0.3) is 11.0 Å². The monoisotopic (exact) mass is 627 g/mol. The van der Waals surface area contributed by atoms with Gasteiger partial charge in [0.15, 0.2) is 0 Å². The maximum absolute atomic E-state index is 15.3. The number of benzene rings is 2. The van der Waals surface area contributed by atoms with Gasteiger partial charge in [-0.15, -0.1) is 0 Å². The number of aryl methyl sites for hydroxylation is 1. The van der Waals surface area contributed by atoms with Crippen molar-refractivity contribution < 1.29 is 31.5 Å². The molecular weight excluding hydrogens is 593 g/mol. The molecule has 1 amide bonds. The van der Waals surface area contributed by atoms with Crippen molar-refractivity contribution in [3.8, 4) is 11.5 Å². The quantitative estimate of drug-likeness (QED) is 0.237. The Hall–Kier alpha value is -4.03. The van der Waals surface area contributed by atoms with Crippen molar-refractivity contribution in [3.05, 3.63) is 88.2 Å². The molecule has 2 aromatic heterocycles. The van der Waals surface area contributed by atoms with E-state index in [0.717, 1.165) is 41.7 Å². The van der Waals surface area contributed by atoms with Crippen molar-refractivity contribution in [2.24, 2.45) is 0 Å². The number of aromatic nitrogens is 2. The molecule has 0 radical (unpaired) electrons. The van der Waals surface area contributed by atoms with Crippen molar-refractivity contribution in [1.82, 2.24) is 24.7 Å². The molecule has 0 unspecified atom stereocenters. The zero-order valence-corrected chi connectivity index (χ0v) is 25.1. The Morgan fingerprint density at radius 3 is 2.51 bits per heavy atom. The number of pyridine rings is 1. The Balaban J connectivity index is 1.18. The van der Waals surface area contributed by atoms with Gasteiger partial charge in [-0.25, -0.2) is 4.98 Å². The molecule has 0 atom stereocenters. The molecule has 2 aromatic carbocycles. The van der Waals surface area contributed by atoms with Gasteiger partial charge in [0, 0.05) is 56.7 Å². The third kappa shape index (κ3) is 6.67. The first-order valence-electron chi connectivity index (χ1n) is 14.9. The van der Waals surface area contributed by atoms with Crippen LogP contribution < -0.4 is 4.74 Å². The van der Waals surface area contributed by atoms with Crippen molar-refractivity contribution in [3.63, 3.8) is 0 Å². The van der Waals surface area contributed by atoms with Gasteiger partial charge in [-0.1, -0.05) is 19.1 Å². The van der Waals surface area contributed by atoms with E-state index in [-0.39, 0.29) is 35.3 Å². The van der Waals surface area contributed by atoms with Gasteiger partial charge in [0.1, 0.15) is 17.1 Å². The molecule has 0 aliphatic carbocycles. The summed E-state index contributed by atoms with van der Waals surface area (Å²) >= 11 is 0. The average molecular weight is 628 g/mol. The molecule has 1 N–H and O–H groups in total. The van der Waals surface area contributed by atoms with Crippen LogP contribution in [-0.4, -0.2) is 69.8 Å². The molecule has 12 heteroatoms. The molecule has 0 spiro atoms. The van der Waals surface area contributed by atoms with Crippen molar-refractivity contribution in [2.45, 2.75) is 45.5 Å². The van der Waals surface area contributed by atoms with Crippen LogP contribution in [0.1, 0.15) is 40.4 Å². The molecular formula is C33H34F5N5O2. The molecule has 6 rings (SSSR count). The number of fused-ring (bicyclic) bond motifs is 2. The zero-order valence-electron chi connectivity index (χ0n) is 25.1. The second-order valence-corrected chi connectivity index (χ2v) is 11.8. The molecule has 4 aromatic rings. The van der Waals surface area contributed by atoms with E-state index in [1.54, 1.807) is 12.3 Å². The number of nitrogens with one attached hydrogen (secondary N) is 1. The number of halogens is 5. The Morgan fingerprint density at radius 1 is 1.02 bits per heavy atom. The largest absolute Gasteiger partial charge is 0.457 e. The van der Waals surface area contributed by atoms with Crippen LogP contribution in [0.5, 0.6) is 11.5 Å². The van der Waals surface area contributed by atoms with E-state index < -0.39 is 36.5 Å². The first kappa shape index (κ1) is 31.0. The van der Waals surface area contributed by atoms with Crippen LogP contribution in [0, 0.1) is 6.92 Å². The second kappa shape index (κ2) is 12.1. The van der Waals surface area contributed by atoms with Crippen molar-refractivity contribution >= 4 is 16.9 Å². The molecule has 0 bridgehead atoms. The van der Waals surface area contributed by atoms with Crippen molar-refractivity contribution in [1.29, 1.82) is 0 Å². The maximum Gasteiger partial charge on any atom is 0.416 e. The summed E-state index contributed by atoms with van der Waals surface area (Å²) in [5.74, 6) is -3.22. The van der Waals surface area contributed by atoms with Crippen LogP contribution >= 0.6 is 0 Å². The summed E-state index contributed by atoms with van der Waals surface area (Å²) in [6, 6.07) is 11.7. The van der Waals surface area contributed by atoms with E-state index in [9.17, 15) is 18.0 Å². The number of H-pyrrole nitrogens is 1. The number of carbonyl (C=O) groups excluding carboxylic acids is 1. The third-order valence-corrected chi connectivity index (χ3v) is 8.57. The maximum atomic E-state index is 15.3. The van der Waals surface area contributed by atoms with Crippen LogP contribution in [0.15, 0.2) is 54.7 Å². The van der Waals surface area contributed by atoms with Gasteiger partial charge in [-0.2, -0.15) is 22.0 Å². The van der Waals surface area contributed by atoms with E-state index >= 15 is 8.78 Å². The molecule has 238 valence electrons. The standard InChI is InChI=1S/C33H34F5N5O2/c1-3-41-10-12-42(13-11-41)18-23-5-4-22(15-28(23)33(36,37)38)16-30(44)43-19-24-17-25(6-7-27(24)32(34,35)20-43)45-29-8-9-39-31-26(29)14-21(2)40-31/h4-9,14-15,17H,3,10-13,16,18-20H2,1-2H3,(H,39,40). The Kier molecular flexibility index (Phi) is 8.30. The van der Waals surface area contributed by atoms with E-state index in [1.165, 1.54) is 30.3 Å². The lowest BCUT2D eigenvalue weighted by atomic mass is 9.95. The highest BCUT2D eigenvalue weighted by Crippen LogP contribution is 2.40. The topological polar surface area (TPSA) is 64.7 Å². The molecule has 0 saturated carbocycles. The fourth-order valence-electron chi connectivity index (χ4n) is 6.16. The second-order valence-electron chi connectivity index (χ2n) is 11.8. The van der Waals surface area contributed by atoms with E-state index in [1.807, 2.05) is 17.9 Å². The Bertz CT molecular complexity index is 1710. The molecule has 45 heavy (non-hydrogen) atoms. The van der Waals surface area contributed by atoms with Gasteiger partial charge in [0.25, 0.3) is 5.92 Å². The zero-order chi connectivity index (χ0) is 31.9. The summed E-state index contributed by atoms with van der Waals surface area (Å²) in [5, 5.41) is 0.734. The number of likely N-dealkylation sites (N-methyl/N-ethyl adjacent to an activating group) is 1. The lowest BCUT2D eigenvalue weighted by Crippen LogP contribution is -2.45. The van der Waals surface area contributed by atoms with Crippen LogP contribution in [-0.2, 0) is 36.4 Å². The highest BCUT2D eigenvalue weighted by atomic mass is 19.4. The molecule has 1 fully saturated rings. The van der Waals surface area contributed by atoms with Crippen LogP contribution in [0.3, 0.4) is 0 Å². The summed E-state index contributed by atoms with van der Waals surface area (Å²) in [6.07, 6.45) is -3.47. The van der Waals surface area contributed by atoms with Gasteiger partial charge >= 0.3 is 6.18 Å². The molecule has 1 saturated heterocycles.